The van der Waals surface area contributed by atoms with Crippen molar-refractivity contribution in [2.45, 2.75) is 26.8 Å². The van der Waals surface area contributed by atoms with Crippen LogP contribution in [0.3, 0.4) is 0 Å². The van der Waals surface area contributed by atoms with Gasteiger partial charge >= 0.3 is 0 Å². The molecule has 0 radical (unpaired) electrons. The van der Waals surface area contributed by atoms with Crippen LogP contribution in [0.1, 0.15) is 31.1 Å². The van der Waals surface area contributed by atoms with Crippen molar-refractivity contribution < 1.29 is 0 Å². The molecule has 0 aliphatic carbocycles. The van der Waals surface area contributed by atoms with Crippen LogP contribution in [0.5, 0.6) is 0 Å². The molecule has 0 fully saturated rings. The van der Waals surface area contributed by atoms with Gasteiger partial charge in [0.2, 0.25) is 0 Å². The summed E-state index contributed by atoms with van der Waals surface area (Å²) in [5.74, 6) is 0.799. The number of hydrogen-bond acceptors (Lipinski definition) is 4. The smallest absolute Gasteiger partial charge is 0.156 e. The highest BCUT2D eigenvalue weighted by Gasteiger charge is 2.13. The van der Waals surface area contributed by atoms with Crippen LogP contribution >= 0.6 is 0 Å². The topological polar surface area (TPSA) is 55.6 Å². The summed E-state index contributed by atoms with van der Waals surface area (Å²) < 4.78 is 1.84. The average molecular weight is 231 g/mol. The minimum Gasteiger partial charge on any atom is -0.310 e. The van der Waals surface area contributed by atoms with E-state index in [2.05, 4.69) is 41.2 Å². The lowest BCUT2D eigenvalue weighted by atomic mass is 10.1. The molecule has 0 aromatic carbocycles. The summed E-state index contributed by atoms with van der Waals surface area (Å²) in [6.07, 6.45) is 5.14. The van der Waals surface area contributed by atoms with E-state index in [0.29, 0.717) is 6.04 Å². The molecule has 90 valence electrons. The van der Waals surface area contributed by atoms with Crippen molar-refractivity contribution in [1.29, 1.82) is 0 Å². The van der Waals surface area contributed by atoms with Gasteiger partial charge in [0.05, 0.1) is 6.20 Å². The van der Waals surface area contributed by atoms with Crippen LogP contribution in [-0.2, 0) is 0 Å². The number of nitrogens with zero attached hydrogens (tertiary/aromatic N) is 4. The molecule has 5 heteroatoms. The Bertz CT molecular complexity index is 477. The van der Waals surface area contributed by atoms with E-state index in [1.54, 1.807) is 6.20 Å². The van der Waals surface area contributed by atoms with Gasteiger partial charge in [-0.15, -0.1) is 0 Å². The molecule has 5 nitrogen and oxygen atoms in total. The van der Waals surface area contributed by atoms with Gasteiger partial charge in [-0.25, -0.2) is 14.6 Å². The summed E-state index contributed by atoms with van der Waals surface area (Å²) in [5, 5.41) is 7.76. The summed E-state index contributed by atoms with van der Waals surface area (Å²) in [6.45, 7) is 7.23. The first-order chi connectivity index (χ1) is 8.24. The van der Waals surface area contributed by atoms with E-state index < -0.39 is 0 Å². The quantitative estimate of drug-likeness (QED) is 0.869. The van der Waals surface area contributed by atoms with Gasteiger partial charge in [0.1, 0.15) is 6.33 Å². The molecule has 0 bridgehead atoms. The van der Waals surface area contributed by atoms with Gasteiger partial charge in [0, 0.05) is 29.6 Å². The highest BCUT2D eigenvalue weighted by atomic mass is 15.3. The second-order valence-electron chi connectivity index (χ2n) is 3.94. The van der Waals surface area contributed by atoms with E-state index in [9.17, 15) is 0 Å². The molecule has 1 atom stereocenters. The van der Waals surface area contributed by atoms with Crippen molar-refractivity contribution in [2.75, 3.05) is 6.54 Å². The first-order valence-electron chi connectivity index (χ1n) is 5.78. The van der Waals surface area contributed by atoms with Crippen LogP contribution in [-0.4, -0.2) is 26.3 Å². The fourth-order valence-corrected chi connectivity index (χ4v) is 1.90. The summed E-state index contributed by atoms with van der Waals surface area (Å²) in [7, 11) is 0. The molecule has 0 spiro atoms. The van der Waals surface area contributed by atoms with Crippen molar-refractivity contribution in [3.63, 3.8) is 0 Å². The molecule has 2 heterocycles. The third-order valence-electron chi connectivity index (χ3n) is 2.81. The molecule has 0 amide bonds. The molecule has 0 saturated heterocycles. The maximum atomic E-state index is 4.38. The first kappa shape index (κ1) is 11.7. The van der Waals surface area contributed by atoms with Crippen LogP contribution in [0.15, 0.2) is 24.8 Å². The predicted octanol–water partition coefficient (Wildman–Crippen LogP) is 1.64. The molecule has 1 N–H and O–H groups in total. The Labute approximate surface area is 101 Å². The molecule has 0 aliphatic heterocycles. The minimum atomic E-state index is 0.301. The van der Waals surface area contributed by atoms with Gasteiger partial charge < -0.3 is 5.32 Å². The molecule has 1 unspecified atom stereocenters. The molecule has 17 heavy (non-hydrogen) atoms. The van der Waals surface area contributed by atoms with E-state index in [-0.39, 0.29) is 0 Å². The summed E-state index contributed by atoms with van der Waals surface area (Å²) in [6, 6.07) is 2.15. The monoisotopic (exact) mass is 231 g/mol. The third kappa shape index (κ3) is 2.34. The Morgan fingerprint density at radius 3 is 2.94 bits per heavy atom. The first-order valence-corrected chi connectivity index (χ1v) is 5.78. The zero-order valence-corrected chi connectivity index (χ0v) is 10.4. The van der Waals surface area contributed by atoms with Crippen LogP contribution in [0.25, 0.3) is 5.82 Å². The van der Waals surface area contributed by atoms with E-state index in [1.165, 1.54) is 11.9 Å². The maximum absolute atomic E-state index is 4.38. The van der Waals surface area contributed by atoms with Crippen molar-refractivity contribution in [3.05, 3.63) is 36.0 Å². The van der Waals surface area contributed by atoms with Crippen molar-refractivity contribution in [3.8, 4) is 5.82 Å². The number of hydrogen-bond donors (Lipinski definition) is 1. The maximum Gasteiger partial charge on any atom is 0.156 e. The SMILES string of the molecule is CCNC(C)c1cnn(-c2ccncn2)c1C. The second kappa shape index (κ2) is 5.05. The van der Waals surface area contributed by atoms with Crippen LogP contribution in [0.2, 0.25) is 0 Å². The van der Waals surface area contributed by atoms with Crippen LogP contribution < -0.4 is 5.32 Å². The molecule has 0 saturated carbocycles. The largest absolute Gasteiger partial charge is 0.310 e. The van der Waals surface area contributed by atoms with Gasteiger partial charge in [0.25, 0.3) is 0 Å². The predicted molar refractivity (Wildman–Crippen MR) is 66.0 cm³/mol. The fraction of sp³-hybridized carbons (Fsp3) is 0.417. The molecule has 2 rings (SSSR count). The minimum absolute atomic E-state index is 0.301. The zero-order valence-electron chi connectivity index (χ0n) is 10.4. The number of aromatic nitrogens is 4. The number of rotatable bonds is 4. The van der Waals surface area contributed by atoms with Gasteiger partial charge in [-0.05, 0) is 20.4 Å². The fourth-order valence-electron chi connectivity index (χ4n) is 1.90. The highest BCUT2D eigenvalue weighted by molar-refractivity contribution is 5.28. The molecule has 2 aromatic heterocycles. The summed E-state index contributed by atoms with van der Waals surface area (Å²) >= 11 is 0. The summed E-state index contributed by atoms with van der Waals surface area (Å²) in [5.41, 5.74) is 2.31. The van der Waals surface area contributed by atoms with Crippen molar-refractivity contribution in [2.24, 2.45) is 0 Å². The van der Waals surface area contributed by atoms with E-state index >= 15 is 0 Å². The van der Waals surface area contributed by atoms with Crippen molar-refractivity contribution >= 4 is 0 Å². The molecule has 2 aromatic rings. The van der Waals surface area contributed by atoms with E-state index in [0.717, 1.165) is 18.1 Å². The average Bonchev–Trinajstić information content (AvgIpc) is 2.72. The van der Waals surface area contributed by atoms with Gasteiger partial charge in [-0.2, -0.15) is 5.10 Å². The number of nitrogens with one attached hydrogen (secondary N) is 1. The normalized spacial score (nSPS) is 12.6. The Balaban J connectivity index is 2.33. The van der Waals surface area contributed by atoms with Gasteiger partial charge in [0.15, 0.2) is 5.82 Å². The second-order valence-corrected chi connectivity index (χ2v) is 3.94. The van der Waals surface area contributed by atoms with Crippen LogP contribution in [0.4, 0.5) is 0 Å². The molecular formula is C12H17N5. The third-order valence-corrected chi connectivity index (χ3v) is 2.81. The van der Waals surface area contributed by atoms with E-state index in [4.69, 9.17) is 0 Å². The van der Waals surface area contributed by atoms with Gasteiger partial charge in [-0.3, -0.25) is 0 Å². The highest BCUT2D eigenvalue weighted by Crippen LogP contribution is 2.18. The Hall–Kier alpha value is -1.75. The van der Waals surface area contributed by atoms with E-state index in [1.807, 2.05) is 16.9 Å². The molecular weight excluding hydrogens is 214 g/mol. The lowest BCUT2D eigenvalue weighted by Gasteiger charge is -2.11. The standard InChI is InChI=1S/C12H17N5/c1-4-14-9(2)11-7-16-17(10(11)3)12-5-6-13-8-15-12/h5-9,14H,4H2,1-3H3. The Kier molecular flexibility index (Phi) is 3.49. The van der Waals surface area contributed by atoms with Crippen LogP contribution in [0, 0.1) is 6.92 Å². The Morgan fingerprint density at radius 2 is 2.29 bits per heavy atom. The van der Waals surface area contributed by atoms with Gasteiger partial charge in [-0.1, -0.05) is 6.92 Å². The zero-order chi connectivity index (χ0) is 12.3. The lowest BCUT2D eigenvalue weighted by molar-refractivity contribution is 0.594. The summed E-state index contributed by atoms with van der Waals surface area (Å²) in [4.78, 5) is 8.10. The van der Waals surface area contributed by atoms with Crippen molar-refractivity contribution in [1.82, 2.24) is 25.1 Å². The lowest BCUT2D eigenvalue weighted by Crippen LogP contribution is -2.18. The molecule has 0 aliphatic rings. The Morgan fingerprint density at radius 1 is 1.47 bits per heavy atom.